The van der Waals surface area contributed by atoms with E-state index in [-0.39, 0.29) is 0 Å². The molecule has 2 aromatic heterocycles. The van der Waals surface area contributed by atoms with Crippen molar-refractivity contribution in [3.63, 3.8) is 0 Å². The van der Waals surface area contributed by atoms with Crippen LogP contribution in [0.2, 0.25) is 0 Å². The van der Waals surface area contributed by atoms with Gasteiger partial charge in [0.05, 0.1) is 33.5 Å². The zero-order valence-corrected chi connectivity index (χ0v) is 25.1. The largest absolute Gasteiger partial charge is 0.292 e. The standard InChI is InChI=1S/C41H30N4/c1-27-17-18-28(2)40-37(27)44-41(45(40)34-13-7-4-8-14-34)33-25-21-30(22-26-33)29-19-23-32(24-20-29)39-38(31-11-5-3-6-12-31)42-35-15-9-10-16-36(35)43-39/h3-26H,1-2H3. The molecule has 0 saturated carbocycles. The topological polar surface area (TPSA) is 43.6 Å². The van der Waals surface area contributed by atoms with E-state index in [1.807, 2.05) is 42.5 Å². The Morgan fingerprint density at radius 1 is 0.400 bits per heavy atom. The maximum Gasteiger partial charge on any atom is 0.145 e. The number of nitrogens with zero attached hydrogens (tertiary/aromatic N) is 4. The first-order valence-electron chi connectivity index (χ1n) is 15.2. The zero-order chi connectivity index (χ0) is 30.3. The van der Waals surface area contributed by atoms with Crippen LogP contribution in [-0.4, -0.2) is 19.5 Å². The van der Waals surface area contributed by atoms with Crippen LogP contribution in [-0.2, 0) is 0 Å². The molecule has 0 spiro atoms. The van der Waals surface area contributed by atoms with Gasteiger partial charge in [0.15, 0.2) is 0 Å². The van der Waals surface area contributed by atoms with Crippen LogP contribution in [0.4, 0.5) is 0 Å². The molecule has 214 valence electrons. The van der Waals surface area contributed by atoms with E-state index in [1.54, 1.807) is 0 Å². The Kier molecular flexibility index (Phi) is 6.54. The Labute approximate surface area is 262 Å². The molecule has 0 unspecified atom stereocenters. The van der Waals surface area contributed by atoms with Gasteiger partial charge in [-0.2, -0.15) is 0 Å². The van der Waals surface area contributed by atoms with Gasteiger partial charge in [-0.1, -0.05) is 121 Å². The molecule has 0 fully saturated rings. The van der Waals surface area contributed by atoms with Gasteiger partial charge in [0, 0.05) is 22.4 Å². The molecule has 2 heterocycles. The predicted molar refractivity (Wildman–Crippen MR) is 185 cm³/mol. The summed E-state index contributed by atoms with van der Waals surface area (Å²) in [5.41, 5.74) is 14.7. The molecule has 8 rings (SSSR count). The summed E-state index contributed by atoms with van der Waals surface area (Å²) in [4.78, 5) is 15.3. The van der Waals surface area contributed by atoms with Gasteiger partial charge < -0.3 is 0 Å². The van der Waals surface area contributed by atoms with Crippen LogP contribution in [0.15, 0.2) is 146 Å². The van der Waals surface area contributed by atoms with E-state index in [9.17, 15) is 0 Å². The number of rotatable bonds is 5. The lowest BCUT2D eigenvalue weighted by atomic mass is 9.99. The average Bonchev–Trinajstić information content (AvgIpc) is 3.52. The molecular weight excluding hydrogens is 548 g/mol. The van der Waals surface area contributed by atoms with Crippen LogP contribution >= 0.6 is 0 Å². The second-order valence-electron chi connectivity index (χ2n) is 11.4. The molecule has 4 nitrogen and oxygen atoms in total. The Bertz CT molecular complexity index is 2300. The third-order valence-electron chi connectivity index (χ3n) is 8.47. The highest BCUT2D eigenvalue weighted by Crippen LogP contribution is 2.35. The highest BCUT2D eigenvalue weighted by Gasteiger charge is 2.18. The minimum atomic E-state index is 0.882. The van der Waals surface area contributed by atoms with Crippen LogP contribution in [0.25, 0.3) is 72.8 Å². The number of para-hydroxylation sites is 3. The van der Waals surface area contributed by atoms with Gasteiger partial charge in [0.2, 0.25) is 0 Å². The van der Waals surface area contributed by atoms with Gasteiger partial charge in [-0.15, -0.1) is 0 Å². The third-order valence-corrected chi connectivity index (χ3v) is 8.47. The number of imidazole rings is 1. The van der Waals surface area contributed by atoms with Crippen molar-refractivity contribution < 1.29 is 0 Å². The monoisotopic (exact) mass is 578 g/mol. The number of hydrogen-bond donors (Lipinski definition) is 0. The summed E-state index contributed by atoms with van der Waals surface area (Å²) >= 11 is 0. The van der Waals surface area contributed by atoms with Gasteiger partial charge >= 0.3 is 0 Å². The number of benzene rings is 6. The summed E-state index contributed by atoms with van der Waals surface area (Å²) in [7, 11) is 0. The van der Waals surface area contributed by atoms with Crippen LogP contribution in [0.5, 0.6) is 0 Å². The van der Waals surface area contributed by atoms with Crippen molar-refractivity contribution in [2.45, 2.75) is 13.8 Å². The smallest absolute Gasteiger partial charge is 0.145 e. The summed E-state index contributed by atoms with van der Waals surface area (Å²) in [6.07, 6.45) is 0. The normalized spacial score (nSPS) is 11.3. The maximum absolute atomic E-state index is 5.17. The Hall–Kier alpha value is -5.87. The van der Waals surface area contributed by atoms with Crippen molar-refractivity contribution in [3.05, 3.63) is 157 Å². The van der Waals surface area contributed by atoms with E-state index in [4.69, 9.17) is 15.0 Å². The van der Waals surface area contributed by atoms with E-state index in [0.717, 1.165) is 72.8 Å². The quantitative estimate of drug-likeness (QED) is 0.204. The molecule has 0 N–H and O–H groups in total. The van der Waals surface area contributed by atoms with E-state index in [2.05, 4.69) is 122 Å². The first kappa shape index (κ1) is 26.7. The molecule has 0 bridgehead atoms. The second kappa shape index (κ2) is 11.0. The zero-order valence-electron chi connectivity index (χ0n) is 25.1. The van der Waals surface area contributed by atoms with E-state index < -0.39 is 0 Å². The molecule has 0 radical (unpaired) electrons. The van der Waals surface area contributed by atoms with Gasteiger partial charge in [0.1, 0.15) is 5.82 Å². The van der Waals surface area contributed by atoms with Gasteiger partial charge in [0.25, 0.3) is 0 Å². The molecule has 0 amide bonds. The fourth-order valence-electron chi connectivity index (χ4n) is 6.12. The highest BCUT2D eigenvalue weighted by molar-refractivity contribution is 5.89. The molecule has 45 heavy (non-hydrogen) atoms. The summed E-state index contributed by atoms with van der Waals surface area (Å²) in [6.45, 7) is 4.29. The number of aromatic nitrogens is 4. The van der Waals surface area contributed by atoms with Crippen molar-refractivity contribution in [1.82, 2.24) is 19.5 Å². The number of fused-ring (bicyclic) bond motifs is 2. The first-order chi connectivity index (χ1) is 22.1. The maximum atomic E-state index is 5.17. The van der Waals surface area contributed by atoms with Gasteiger partial charge in [-0.3, -0.25) is 4.57 Å². The Morgan fingerprint density at radius 2 is 0.867 bits per heavy atom. The van der Waals surface area contributed by atoms with Crippen molar-refractivity contribution >= 4 is 22.1 Å². The molecule has 6 aromatic carbocycles. The van der Waals surface area contributed by atoms with Crippen LogP contribution in [0.1, 0.15) is 11.1 Å². The molecule has 0 saturated heterocycles. The van der Waals surface area contributed by atoms with Gasteiger partial charge in [-0.05, 0) is 60.4 Å². The number of hydrogen-bond acceptors (Lipinski definition) is 3. The molecule has 0 aliphatic carbocycles. The van der Waals surface area contributed by atoms with Crippen molar-refractivity contribution in [2.75, 3.05) is 0 Å². The minimum Gasteiger partial charge on any atom is -0.292 e. The SMILES string of the molecule is Cc1ccc(C)c2c1nc(-c1ccc(-c3ccc(-c4nc5ccccc5nc4-c4ccccc4)cc3)cc1)n2-c1ccccc1. The number of aryl methyl sites for hydroxylation is 2. The minimum absolute atomic E-state index is 0.882. The van der Waals surface area contributed by atoms with Crippen LogP contribution < -0.4 is 0 Å². The molecular formula is C41H30N4. The summed E-state index contributed by atoms with van der Waals surface area (Å²) in [5.74, 6) is 0.943. The van der Waals surface area contributed by atoms with E-state index >= 15 is 0 Å². The van der Waals surface area contributed by atoms with E-state index in [1.165, 1.54) is 11.1 Å². The summed E-state index contributed by atoms with van der Waals surface area (Å²) in [6, 6.07) is 50.5. The van der Waals surface area contributed by atoms with Crippen molar-refractivity contribution in [2.24, 2.45) is 0 Å². The average molecular weight is 579 g/mol. The third kappa shape index (κ3) is 4.77. The lowest BCUT2D eigenvalue weighted by Crippen LogP contribution is -1.98. The highest BCUT2D eigenvalue weighted by atomic mass is 15.1. The van der Waals surface area contributed by atoms with Crippen molar-refractivity contribution in [3.8, 4) is 50.7 Å². The molecule has 4 heteroatoms. The molecule has 0 aliphatic rings. The summed E-state index contributed by atoms with van der Waals surface area (Å²) in [5, 5.41) is 0. The van der Waals surface area contributed by atoms with Crippen molar-refractivity contribution in [1.29, 1.82) is 0 Å². The molecule has 0 atom stereocenters. The Balaban J connectivity index is 1.17. The Morgan fingerprint density at radius 3 is 1.47 bits per heavy atom. The van der Waals surface area contributed by atoms with Crippen LogP contribution in [0, 0.1) is 13.8 Å². The van der Waals surface area contributed by atoms with Crippen LogP contribution in [0.3, 0.4) is 0 Å². The van der Waals surface area contributed by atoms with E-state index in [0.29, 0.717) is 0 Å². The lowest BCUT2D eigenvalue weighted by Gasteiger charge is -2.12. The molecule has 8 aromatic rings. The molecule has 0 aliphatic heterocycles. The summed E-state index contributed by atoms with van der Waals surface area (Å²) < 4.78 is 2.29. The fraction of sp³-hybridized carbons (Fsp3) is 0.0488. The first-order valence-corrected chi connectivity index (χ1v) is 15.2. The lowest BCUT2D eigenvalue weighted by molar-refractivity contribution is 1.10. The second-order valence-corrected chi connectivity index (χ2v) is 11.4. The fourth-order valence-corrected chi connectivity index (χ4v) is 6.12. The van der Waals surface area contributed by atoms with Gasteiger partial charge in [-0.25, -0.2) is 15.0 Å². The predicted octanol–water partition coefficient (Wildman–Crippen LogP) is 10.3.